The molecule has 0 atom stereocenters. The molecule has 3 N–H and O–H groups in total. The number of pyridine rings is 1. The molecule has 6 heteroatoms. The summed E-state index contributed by atoms with van der Waals surface area (Å²) in [6.07, 6.45) is 0. The van der Waals surface area contributed by atoms with Crippen LogP contribution in [-0.4, -0.2) is 16.0 Å². The molecule has 0 aliphatic rings. The molecule has 1 aromatic rings. The number of hydrogen-bond acceptors (Lipinski definition) is 3. The molecule has 0 radical (unpaired) electrons. The number of aromatic nitrogens is 1. The van der Waals surface area contributed by atoms with E-state index in [1.165, 1.54) is 13.0 Å². The Labute approximate surface area is 87.8 Å². The van der Waals surface area contributed by atoms with Gasteiger partial charge in [0.05, 0.1) is 9.26 Å². The first-order valence-corrected chi connectivity index (χ1v) is 4.44. The fraction of sp³-hybridized carbons (Fsp3) is 0.143. The summed E-state index contributed by atoms with van der Waals surface area (Å²) in [6, 6.07) is 1.41. The topological polar surface area (TPSA) is 71.5 Å². The SMILES string of the molecule is Cc1nc(/C(N)=N/O)cc(I)c1F. The Morgan fingerprint density at radius 3 is 2.85 bits per heavy atom. The highest BCUT2D eigenvalue weighted by Crippen LogP contribution is 2.14. The van der Waals surface area contributed by atoms with Crippen LogP contribution in [0.5, 0.6) is 0 Å². The summed E-state index contributed by atoms with van der Waals surface area (Å²) in [5, 5.41) is 11.1. The first kappa shape index (κ1) is 10.2. The van der Waals surface area contributed by atoms with Gasteiger partial charge in [-0.3, -0.25) is 0 Å². The zero-order valence-electron chi connectivity index (χ0n) is 6.75. The number of amidine groups is 1. The van der Waals surface area contributed by atoms with E-state index >= 15 is 0 Å². The van der Waals surface area contributed by atoms with Gasteiger partial charge in [0.2, 0.25) is 0 Å². The Bertz CT molecular complexity index is 344. The Kier molecular flexibility index (Phi) is 3.02. The maximum atomic E-state index is 13.1. The molecule has 0 saturated heterocycles. The van der Waals surface area contributed by atoms with Crippen molar-refractivity contribution in [2.75, 3.05) is 0 Å². The van der Waals surface area contributed by atoms with E-state index in [0.29, 0.717) is 3.57 Å². The second kappa shape index (κ2) is 3.86. The van der Waals surface area contributed by atoms with Crippen LogP contribution in [-0.2, 0) is 0 Å². The van der Waals surface area contributed by atoms with Crippen molar-refractivity contribution in [3.8, 4) is 0 Å². The fourth-order valence-electron chi connectivity index (χ4n) is 0.801. The van der Waals surface area contributed by atoms with Crippen LogP contribution in [0.3, 0.4) is 0 Å². The molecule has 13 heavy (non-hydrogen) atoms. The number of oxime groups is 1. The van der Waals surface area contributed by atoms with Gasteiger partial charge in [-0.25, -0.2) is 9.37 Å². The zero-order chi connectivity index (χ0) is 10.0. The van der Waals surface area contributed by atoms with Gasteiger partial charge >= 0.3 is 0 Å². The van der Waals surface area contributed by atoms with Gasteiger partial charge in [0.15, 0.2) is 11.7 Å². The average Bonchev–Trinajstić information content (AvgIpc) is 2.12. The predicted octanol–water partition coefficient (Wildman–Crippen LogP) is 1.23. The van der Waals surface area contributed by atoms with Crippen molar-refractivity contribution < 1.29 is 9.60 Å². The second-order valence-electron chi connectivity index (χ2n) is 2.37. The summed E-state index contributed by atoms with van der Waals surface area (Å²) in [6.45, 7) is 1.52. The molecule has 0 unspecified atom stereocenters. The molecule has 1 heterocycles. The van der Waals surface area contributed by atoms with Crippen molar-refractivity contribution in [1.82, 2.24) is 4.98 Å². The summed E-state index contributed by atoms with van der Waals surface area (Å²) < 4.78 is 13.5. The van der Waals surface area contributed by atoms with Gasteiger partial charge in [0, 0.05) is 0 Å². The van der Waals surface area contributed by atoms with E-state index in [0.717, 1.165) is 0 Å². The Morgan fingerprint density at radius 2 is 2.38 bits per heavy atom. The number of rotatable bonds is 1. The first-order valence-electron chi connectivity index (χ1n) is 3.36. The molecule has 0 amide bonds. The second-order valence-corrected chi connectivity index (χ2v) is 3.54. The third-order valence-electron chi connectivity index (χ3n) is 1.45. The minimum atomic E-state index is -0.380. The van der Waals surface area contributed by atoms with Gasteiger partial charge in [0.25, 0.3) is 0 Å². The van der Waals surface area contributed by atoms with Crippen molar-refractivity contribution >= 4 is 28.4 Å². The van der Waals surface area contributed by atoms with E-state index in [4.69, 9.17) is 10.9 Å². The third-order valence-corrected chi connectivity index (χ3v) is 2.23. The van der Waals surface area contributed by atoms with E-state index in [9.17, 15) is 4.39 Å². The highest BCUT2D eigenvalue weighted by Gasteiger charge is 2.09. The summed E-state index contributed by atoms with van der Waals surface area (Å²) in [7, 11) is 0. The maximum absolute atomic E-state index is 13.1. The van der Waals surface area contributed by atoms with Crippen LogP contribution in [0.15, 0.2) is 11.2 Å². The lowest BCUT2D eigenvalue weighted by atomic mass is 10.3. The summed E-state index contributed by atoms with van der Waals surface area (Å²) in [5.74, 6) is -0.504. The summed E-state index contributed by atoms with van der Waals surface area (Å²) >= 11 is 1.82. The Hall–Kier alpha value is -0.920. The molecule has 0 saturated carbocycles. The van der Waals surface area contributed by atoms with Gasteiger partial charge in [-0.1, -0.05) is 5.16 Å². The fourth-order valence-corrected chi connectivity index (χ4v) is 1.49. The maximum Gasteiger partial charge on any atom is 0.188 e. The number of halogens is 2. The van der Waals surface area contributed by atoms with E-state index in [2.05, 4.69) is 10.1 Å². The molecule has 70 valence electrons. The minimum absolute atomic E-state index is 0.124. The largest absolute Gasteiger partial charge is 0.409 e. The smallest absolute Gasteiger partial charge is 0.188 e. The molecule has 0 fully saturated rings. The molecule has 0 bridgehead atoms. The van der Waals surface area contributed by atoms with Gasteiger partial charge < -0.3 is 10.9 Å². The normalized spacial score (nSPS) is 11.8. The first-order chi connectivity index (χ1) is 6.06. The summed E-state index contributed by atoms with van der Waals surface area (Å²) in [4.78, 5) is 3.81. The van der Waals surface area contributed by atoms with Crippen molar-refractivity contribution in [2.24, 2.45) is 10.9 Å². The lowest BCUT2D eigenvalue weighted by molar-refractivity contribution is 0.318. The molecular weight excluding hydrogens is 288 g/mol. The van der Waals surface area contributed by atoms with Crippen LogP contribution < -0.4 is 5.73 Å². The molecule has 4 nitrogen and oxygen atoms in total. The monoisotopic (exact) mass is 295 g/mol. The predicted molar refractivity (Wildman–Crippen MR) is 54.2 cm³/mol. The Balaban J connectivity index is 3.29. The van der Waals surface area contributed by atoms with E-state index < -0.39 is 0 Å². The van der Waals surface area contributed by atoms with Gasteiger partial charge in [-0.2, -0.15) is 0 Å². The van der Waals surface area contributed by atoms with Crippen molar-refractivity contribution in [3.63, 3.8) is 0 Å². The molecule has 0 aliphatic carbocycles. The van der Waals surface area contributed by atoms with Gasteiger partial charge in [-0.15, -0.1) is 0 Å². The quantitative estimate of drug-likeness (QED) is 0.269. The zero-order valence-corrected chi connectivity index (χ0v) is 8.91. The van der Waals surface area contributed by atoms with Crippen LogP contribution in [0, 0.1) is 16.3 Å². The van der Waals surface area contributed by atoms with Crippen molar-refractivity contribution in [3.05, 3.63) is 26.8 Å². The van der Waals surface area contributed by atoms with E-state index in [-0.39, 0.29) is 23.0 Å². The highest BCUT2D eigenvalue weighted by atomic mass is 127. The lowest BCUT2D eigenvalue weighted by Crippen LogP contribution is -2.16. The van der Waals surface area contributed by atoms with Crippen LogP contribution in [0.25, 0.3) is 0 Å². The van der Waals surface area contributed by atoms with Crippen molar-refractivity contribution in [1.29, 1.82) is 0 Å². The molecule has 1 aromatic heterocycles. The lowest BCUT2D eigenvalue weighted by Gasteiger charge is -2.02. The molecule has 0 aliphatic heterocycles. The van der Waals surface area contributed by atoms with Gasteiger partial charge in [-0.05, 0) is 35.6 Å². The van der Waals surface area contributed by atoms with Crippen molar-refractivity contribution in [2.45, 2.75) is 6.92 Å². The number of nitrogens with two attached hydrogens (primary N) is 1. The minimum Gasteiger partial charge on any atom is -0.409 e. The molecular formula is C7H7FIN3O. The average molecular weight is 295 g/mol. The number of hydrogen-bond donors (Lipinski definition) is 2. The van der Waals surface area contributed by atoms with Crippen LogP contribution >= 0.6 is 22.6 Å². The molecule has 0 aromatic carbocycles. The van der Waals surface area contributed by atoms with Gasteiger partial charge in [0.1, 0.15) is 5.69 Å². The van der Waals surface area contributed by atoms with E-state index in [1.54, 1.807) is 0 Å². The number of aryl methyl sites for hydroxylation is 1. The summed E-state index contributed by atoms with van der Waals surface area (Å²) in [5.41, 5.74) is 5.79. The molecule has 0 spiro atoms. The standard InChI is InChI=1S/C7H7FIN3O/c1-3-6(8)4(9)2-5(11-3)7(10)12-13/h2,13H,1H3,(H2,10,12). The number of nitrogens with zero attached hydrogens (tertiary/aromatic N) is 2. The molecule has 1 rings (SSSR count). The Morgan fingerprint density at radius 1 is 1.77 bits per heavy atom. The van der Waals surface area contributed by atoms with E-state index in [1.807, 2.05) is 22.6 Å². The van der Waals surface area contributed by atoms with Crippen LogP contribution in [0.4, 0.5) is 4.39 Å². The highest BCUT2D eigenvalue weighted by molar-refractivity contribution is 14.1. The third kappa shape index (κ3) is 2.06. The van der Waals surface area contributed by atoms with Crippen LogP contribution in [0.1, 0.15) is 11.4 Å². The van der Waals surface area contributed by atoms with Crippen LogP contribution in [0.2, 0.25) is 0 Å².